The Labute approximate surface area is 181 Å². The summed E-state index contributed by atoms with van der Waals surface area (Å²) in [6.07, 6.45) is 3.27. The number of aromatic nitrogens is 1. The quantitative estimate of drug-likeness (QED) is 0.133. The number of hydrogen-bond donors (Lipinski definition) is 0. The number of esters is 1. The van der Waals surface area contributed by atoms with Crippen LogP contribution in [0.3, 0.4) is 0 Å². The number of pyridine rings is 1. The lowest BCUT2D eigenvalue weighted by Crippen LogP contribution is -1.97. The van der Waals surface area contributed by atoms with E-state index in [-0.39, 0.29) is 10.8 Å². The molecule has 5 rings (SSSR count). The number of cyclic esters (lactones) is 1. The lowest BCUT2D eigenvalue weighted by atomic mass is 10.0. The molecule has 31 heavy (non-hydrogen) atoms. The van der Waals surface area contributed by atoms with E-state index in [0.29, 0.717) is 27.8 Å². The third-order valence-electron chi connectivity index (χ3n) is 5.06. The first-order valence-electron chi connectivity index (χ1n) is 9.37. The molecule has 7 heteroatoms. The Kier molecular flexibility index (Phi) is 4.49. The average Bonchev–Trinajstić information content (AvgIpc) is 3.13. The van der Waals surface area contributed by atoms with Crippen molar-refractivity contribution in [3.8, 4) is 0 Å². The maximum atomic E-state index is 12.4. The summed E-state index contributed by atoms with van der Waals surface area (Å²) in [4.78, 5) is 27.2. The molecule has 4 aromatic rings. The number of fused-ring (bicyclic) bond motifs is 2. The van der Waals surface area contributed by atoms with Crippen LogP contribution in [0.1, 0.15) is 11.1 Å². The molecule has 1 aliphatic heterocycles. The molecule has 0 radical (unpaired) electrons. The number of carbonyl (C=O) groups is 1. The summed E-state index contributed by atoms with van der Waals surface area (Å²) in [5.41, 5.74) is 2.00. The van der Waals surface area contributed by atoms with Crippen LogP contribution < -0.4 is 0 Å². The molecule has 1 aromatic heterocycles. The van der Waals surface area contributed by atoms with Crippen molar-refractivity contribution in [1.29, 1.82) is 0 Å². The standard InChI is InChI=1S/C24H13ClN2O4/c25-23-18(10-16-7-8-20(27(29)30)13-21(16)26-23)11-19-12-22(31-24(19)28)17-6-5-14-3-1-2-4-15(14)9-17/h1-13H/b19-11+. The van der Waals surface area contributed by atoms with Crippen LogP contribution in [-0.4, -0.2) is 15.9 Å². The fourth-order valence-electron chi connectivity index (χ4n) is 3.50. The summed E-state index contributed by atoms with van der Waals surface area (Å²) in [7, 11) is 0. The highest BCUT2D eigenvalue weighted by Crippen LogP contribution is 2.31. The summed E-state index contributed by atoms with van der Waals surface area (Å²) < 4.78 is 5.47. The monoisotopic (exact) mass is 428 g/mol. The van der Waals surface area contributed by atoms with Gasteiger partial charge >= 0.3 is 5.97 Å². The van der Waals surface area contributed by atoms with Crippen molar-refractivity contribution in [3.63, 3.8) is 0 Å². The van der Waals surface area contributed by atoms with Crippen LogP contribution in [0.15, 0.2) is 78.4 Å². The summed E-state index contributed by atoms with van der Waals surface area (Å²) in [5, 5.41) is 13.9. The van der Waals surface area contributed by atoms with Gasteiger partial charge < -0.3 is 4.74 Å². The van der Waals surface area contributed by atoms with Crippen molar-refractivity contribution < 1.29 is 14.5 Å². The second kappa shape index (κ2) is 7.34. The molecule has 0 atom stereocenters. The van der Waals surface area contributed by atoms with Crippen molar-refractivity contribution in [3.05, 3.63) is 105 Å². The number of nitrogens with zero attached hydrogens (tertiary/aromatic N) is 2. The van der Waals surface area contributed by atoms with Crippen LogP contribution in [0.4, 0.5) is 5.69 Å². The Morgan fingerprint density at radius 3 is 2.55 bits per heavy atom. The molecule has 0 fully saturated rings. The molecule has 0 aliphatic carbocycles. The van der Waals surface area contributed by atoms with Crippen LogP contribution in [-0.2, 0) is 9.53 Å². The minimum atomic E-state index is -0.488. The van der Waals surface area contributed by atoms with E-state index in [9.17, 15) is 14.9 Å². The molecule has 0 N–H and O–H groups in total. The molecule has 0 spiro atoms. The first-order chi connectivity index (χ1) is 15.0. The van der Waals surface area contributed by atoms with Gasteiger partial charge in [0.15, 0.2) is 0 Å². The van der Waals surface area contributed by atoms with Gasteiger partial charge in [0.05, 0.1) is 16.0 Å². The van der Waals surface area contributed by atoms with Crippen molar-refractivity contribution in [2.75, 3.05) is 0 Å². The number of nitro benzene ring substituents is 1. The molecule has 0 bridgehead atoms. The van der Waals surface area contributed by atoms with E-state index in [1.54, 1.807) is 24.3 Å². The molecule has 0 saturated carbocycles. The van der Waals surface area contributed by atoms with Crippen molar-refractivity contribution in [2.45, 2.75) is 0 Å². The van der Waals surface area contributed by atoms with Gasteiger partial charge in [0.25, 0.3) is 5.69 Å². The van der Waals surface area contributed by atoms with Crippen LogP contribution in [0.25, 0.3) is 33.5 Å². The number of nitro groups is 1. The number of hydrogen-bond acceptors (Lipinski definition) is 5. The zero-order chi connectivity index (χ0) is 21.5. The zero-order valence-electron chi connectivity index (χ0n) is 15.9. The minimum Gasteiger partial charge on any atom is -0.422 e. The number of benzene rings is 3. The average molecular weight is 429 g/mol. The van der Waals surface area contributed by atoms with Gasteiger partial charge in [-0.1, -0.05) is 48.0 Å². The van der Waals surface area contributed by atoms with E-state index < -0.39 is 10.9 Å². The van der Waals surface area contributed by atoms with Gasteiger partial charge in [-0.3, -0.25) is 10.1 Å². The number of ether oxygens (including phenoxy) is 1. The van der Waals surface area contributed by atoms with E-state index in [0.717, 1.165) is 16.3 Å². The molecule has 0 unspecified atom stereocenters. The number of rotatable bonds is 3. The Morgan fingerprint density at radius 1 is 0.968 bits per heavy atom. The lowest BCUT2D eigenvalue weighted by Gasteiger charge is -2.04. The molecule has 6 nitrogen and oxygen atoms in total. The Hall–Kier alpha value is -4.03. The molecule has 3 aromatic carbocycles. The Morgan fingerprint density at radius 2 is 1.74 bits per heavy atom. The Balaban J connectivity index is 1.53. The highest BCUT2D eigenvalue weighted by molar-refractivity contribution is 6.31. The summed E-state index contributed by atoms with van der Waals surface area (Å²) in [5.74, 6) is -0.0227. The third-order valence-corrected chi connectivity index (χ3v) is 5.37. The predicted molar refractivity (Wildman–Crippen MR) is 119 cm³/mol. The van der Waals surface area contributed by atoms with Crippen molar-refractivity contribution in [2.24, 2.45) is 0 Å². The van der Waals surface area contributed by atoms with Crippen molar-refractivity contribution >= 4 is 56.8 Å². The fourth-order valence-corrected chi connectivity index (χ4v) is 3.70. The topological polar surface area (TPSA) is 82.3 Å². The molecule has 150 valence electrons. The Bertz CT molecular complexity index is 1470. The van der Waals surface area contributed by atoms with Gasteiger partial charge in [0.2, 0.25) is 0 Å². The van der Waals surface area contributed by atoms with Crippen LogP contribution in [0, 0.1) is 10.1 Å². The normalized spacial score (nSPS) is 14.8. The molecule has 0 amide bonds. The van der Waals surface area contributed by atoms with E-state index >= 15 is 0 Å². The van der Waals surface area contributed by atoms with Crippen molar-refractivity contribution in [1.82, 2.24) is 4.98 Å². The largest absolute Gasteiger partial charge is 0.422 e. The lowest BCUT2D eigenvalue weighted by molar-refractivity contribution is -0.384. The fraction of sp³-hybridized carbons (Fsp3) is 0. The van der Waals surface area contributed by atoms with Gasteiger partial charge in [-0.15, -0.1) is 0 Å². The highest BCUT2D eigenvalue weighted by atomic mass is 35.5. The van der Waals surface area contributed by atoms with E-state index in [2.05, 4.69) is 4.98 Å². The number of non-ortho nitro benzene ring substituents is 1. The van der Waals surface area contributed by atoms with E-state index in [4.69, 9.17) is 16.3 Å². The second-order valence-electron chi connectivity index (χ2n) is 7.06. The highest BCUT2D eigenvalue weighted by Gasteiger charge is 2.23. The first kappa shape index (κ1) is 19.0. The SMILES string of the molecule is O=C1OC(c2ccc3ccccc3c2)=C/C1=C\c1cc2ccc([N+](=O)[O-])cc2nc1Cl. The summed E-state index contributed by atoms with van der Waals surface area (Å²) in [6, 6.07) is 19.9. The van der Waals surface area contributed by atoms with Gasteiger partial charge in [-0.25, -0.2) is 9.78 Å². The summed E-state index contributed by atoms with van der Waals surface area (Å²) >= 11 is 6.28. The maximum Gasteiger partial charge on any atom is 0.343 e. The number of carbonyl (C=O) groups excluding carboxylic acids is 1. The third kappa shape index (κ3) is 3.53. The molecular formula is C24H13ClN2O4. The molecule has 1 aliphatic rings. The minimum absolute atomic E-state index is 0.0653. The maximum absolute atomic E-state index is 12.4. The first-order valence-corrected chi connectivity index (χ1v) is 9.75. The van der Waals surface area contributed by atoms with Gasteiger partial charge in [0, 0.05) is 28.6 Å². The van der Waals surface area contributed by atoms with Gasteiger partial charge in [-0.2, -0.15) is 0 Å². The zero-order valence-corrected chi connectivity index (χ0v) is 16.7. The summed E-state index contributed by atoms with van der Waals surface area (Å²) in [6.45, 7) is 0. The van der Waals surface area contributed by atoms with E-state index in [1.807, 2.05) is 42.5 Å². The van der Waals surface area contributed by atoms with Gasteiger partial charge in [0.1, 0.15) is 10.9 Å². The van der Waals surface area contributed by atoms with Crippen LogP contribution in [0.5, 0.6) is 0 Å². The smallest absolute Gasteiger partial charge is 0.343 e. The molecule has 0 saturated heterocycles. The molecule has 2 heterocycles. The van der Waals surface area contributed by atoms with Crippen LogP contribution in [0.2, 0.25) is 5.15 Å². The second-order valence-corrected chi connectivity index (χ2v) is 7.42. The van der Waals surface area contributed by atoms with E-state index in [1.165, 1.54) is 12.1 Å². The van der Waals surface area contributed by atoms with Crippen LogP contribution >= 0.6 is 11.6 Å². The number of halogens is 1. The predicted octanol–water partition coefficient (Wildman–Crippen LogP) is 5.93. The van der Waals surface area contributed by atoms with Gasteiger partial charge in [-0.05, 0) is 41.1 Å². The molecular weight excluding hydrogens is 416 g/mol.